The van der Waals surface area contributed by atoms with Gasteiger partial charge in [-0.15, -0.1) is 0 Å². The highest BCUT2D eigenvalue weighted by molar-refractivity contribution is 6.21. The molecular formula is C38H46N4O4. The third-order valence-corrected chi connectivity index (χ3v) is 10.2. The number of nitrogens with one attached hydrogen (secondary N) is 1. The standard InChI is InChI=1S/C38H46N4O4/c1-7-9-10-11-14-46-19-27-22(5)28-16-30-21(4)25(12-13-35(44)45)37(41-30)26-15-34(43)36-23(6)31(42-38(26)36)18-32-24(8-2)20(3)29(39-32)17-33(27)40-28/h16-18,21,25,41,43H,7-15,19H2,1-6H3,(H,44,45)/t21?,25-/m0/s1. The summed E-state index contributed by atoms with van der Waals surface area (Å²) in [6, 6.07) is 0. The number of aliphatic hydroxyl groups is 1. The fraction of sp³-hybridized carbons (Fsp3) is 0.474. The average molecular weight is 623 g/mol. The normalized spacial score (nSPS) is 23.7. The highest BCUT2D eigenvalue weighted by Gasteiger charge is 2.41. The molecule has 5 aliphatic heterocycles. The van der Waals surface area contributed by atoms with E-state index in [4.69, 9.17) is 19.7 Å². The molecule has 1 aliphatic carbocycles. The number of carboxylic acid groups (broad SMARTS) is 1. The first-order valence-electron chi connectivity index (χ1n) is 16.9. The summed E-state index contributed by atoms with van der Waals surface area (Å²) in [5.41, 5.74) is 14.2. The molecule has 8 bridgehead atoms. The predicted molar refractivity (Wildman–Crippen MR) is 184 cm³/mol. The molecule has 6 rings (SSSR count). The van der Waals surface area contributed by atoms with Gasteiger partial charge in [-0.25, -0.2) is 15.0 Å². The van der Waals surface area contributed by atoms with Crippen molar-refractivity contribution in [1.29, 1.82) is 0 Å². The molecule has 0 aromatic carbocycles. The molecule has 0 saturated carbocycles. The molecule has 1 saturated heterocycles. The van der Waals surface area contributed by atoms with Gasteiger partial charge in [-0.2, -0.15) is 0 Å². The fourth-order valence-corrected chi connectivity index (χ4v) is 7.42. The van der Waals surface area contributed by atoms with Gasteiger partial charge in [0.1, 0.15) is 5.76 Å². The molecule has 1 unspecified atom stereocenters. The zero-order valence-corrected chi connectivity index (χ0v) is 28.0. The van der Waals surface area contributed by atoms with E-state index < -0.39 is 5.97 Å². The van der Waals surface area contributed by atoms with Crippen molar-refractivity contribution in [2.24, 2.45) is 26.8 Å². The van der Waals surface area contributed by atoms with Gasteiger partial charge >= 0.3 is 5.97 Å². The Bertz CT molecular complexity index is 1730. The lowest BCUT2D eigenvalue weighted by Gasteiger charge is -2.17. The van der Waals surface area contributed by atoms with Crippen LogP contribution in [0.5, 0.6) is 0 Å². The number of fused-ring (bicyclic) bond motifs is 5. The van der Waals surface area contributed by atoms with Crippen LogP contribution in [0.4, 0.5) is 0 Å². The molecule has 242 valence electrons. The first-order valence-corrected chi connectivity index (χ1v) is 16.9. The molecule has 8 heteroatoms. The second kappa shape index (κ2) is 13.0. The number of aliphatic carboxylic acids is 1. The summed E-state index contributed by atoms with van der Waals surface area (Å²) in [4.78, 5) is 27.1. The summed E-state index contributed by atoms with van der Waals surface area (Å²) in [5, 5.41) is 24.5. The van der Waals surface area contributed by atoms with Crippen molar-refractivity contribution in [3.05, 3.63) is 91.5 Å². The highest BCUT2D eigenvalue weighted by Crippen LogP contribution is 2.46. The lowest BCUT2D eigenvalue weighted by atomic mass is 9.86. The van der Waals surface area contributed by atoms with Crippen LogP contribution in [0.15, 0.2) is 106 Å². The summed E-state index contributed by atoms with van der Waals surface area (Å²) in [7, 11) is 0. The van der Waals surface area contributed by atoms with Gasteiger partial charge in [0.15, 0.2) is 0 Å². The first-order chi connectivity index (χ1) is 22.1. The number of hydrogen-bond donors (Lipinski definition) is 3. The van der Waals surface area contributed by atoms with E-state index in [1.54, 1.807) is 0 Å². The van der Waals surface area contributed by atoms with Crippen molar-refractivity contribution in [1.82, 2.24) is 5.32 Å². The minimum atomic E-state index is -0.815. The van der Waals surface area contributed by atoms with Crippen LogP contribution in [-0.2, 0) is 9.53 Å². The minimum absolute atomic E-state index is 0.0286. The second-order valence-corrected chi connectivity index (χ2v) is 13.1. The molecule has 5 heterocycles. The summed E-state index contributed by atoms with van der Waals surface area (Å²) in [6.45, 7) is 13.9. The third-order valence-electron chi connectivity index (χ3n) is 10.2. The monoisotopic (exact) mass is 622 g/mol. The smallest absolute Gasteiger partial charge is 0.303 e. The number of aliphatic hydroxyl groups excluding tert-OH is 1. The van der Waals surface area contributed by atoms with Crippen LogP contribution in [0.3, 0.4) is 0 Å². The van der Waals surface area contributed by atoms with Crippen LogP contribution in [0.1, 0.15) is 92.9 Å². The van der Waals surface area contributed by atoms with E-state index in [0.717, 1.165) is 91.9 Å². The Kier molecular flexibility index (Phi) is 9.01. The molecule has 2 atom stereocenters. The number of unbranched alkanes of at least 4 members (excludes halogenated alkanes) is 3. The van der Waals surface area contributed by atoms with Crippen molar-refractivity contribution >= 4 is 23.1 Å². The Labute approximate surface area is 272 Å². The summed E-state index contributed by atoms with van der Waals surface area (Å²) < 4.78 is 6.22. The van der Waals surface area contributed by atoms with Crippen LogP contribution >= 0.6 is 0 Å². The molecule has 46 heavy (non-hydrogen) atoms. The van der Waals surface area contributed by atoms with E-state index in [1.807, 2.05) is 13.0 Å². The summed E-state index contributed by atoms with van der Waals surface area (Å²) in [5.74, 6) is -0.539. The van der Waals surface area contributed by atoms with E-state index in [2.05, 4.69) is 52.1 Å². The molecule has 3 N–H and O–H groups in total. The first kappa shape index (κ1) is 31.9. The Morgan fingerprint density at radius 3 is 2.39 bits per heavy atom. The Morgan fingerprint density at radius 2 is 1.67 bits per heavy atom. The van der Waals surface area contributed by atoms with Crippen LogP contribution in [0.2, 0.25) is 0 Å². The van der Waals surface area contributed by atoms with Crippen LogP contribution in [0.25, 0.3) is 0 Å². The quantitative estimate of drug-likeness (QED) is 0.201. The van der Waals surface area contributed by atoms with Crippen molar-refractivity contribution < 1.29 is 19.7 Å². The van der Waals surface area contributed by atoms with E-state index in [0.29, 0.717) is 31.8 Å². The number of hydrogen-bond acceptors (Lipinski definition) is 7. The molecule has 0 spiro atoms. The Morgan fingerprint density at radius 1 is 0.957 bits per heavy atom. The topological polar surface area (TPSA) is 116 Å². The lowest BCUT2D eigenvalue weighted by Crippen LogP contribution is -2.15. The third kappa shape index (κ3) is 5.72. The lowest BCUT2D eigenvalue weighted by molar-refractivity contribution is -0.137. The van der Waals surface area contributed by atoms with Gasteiger partial charge in [-0.05, 0) is 80.6 Å². The number of rotatable bonds is 11. The number of allylic oxidation sites excluding steroid dienone is 11. The van der Waals surface area contributed by atoms with Gasteiger partial charge in [0.25, 0.3) is 0 Å². The van der Waals surface area contributed by atoms with Crippen molar-refractivity contribution in [2.45, 2.75) is 92.9 Å². The van der Waals surface area contributed by atoms with Crippen LogP contribution in [-0.4, -0.2) is 46.5 Å². The largest absolute Gasteiger partial charge is 0.511 e. The molecule has 1 fully saturated rings. The zero-order chi connectivity index (χ0) is 32.7. The summed E-state index contributed by atoms with van der Waals surface area (Å²) >= 11 is 0. The molecular weight excluding hydrogens is 576 g/mol. The number of carbonyl (C=O) groups is 1. The molecule has 6 aliphatic rings. The van der Waals surface area contributed by atoms with Crippen LogP contribution < -0.4 is 5.32 Å². The average Bonchev–Trinajstić information content (AvgIpc) is 3.77. The Hall–Kier alpha value is -4.04. The minimum Gasteiger partial charge on any atom is -0.511 e. The van der Waals surface area contributed by atoms with E-state index in [9.17, 15) is 15.0 Å². The Balaban J connectivity index is 1.50. The zero-order valence-electron chi connectivity index (χ0n) is 28.0. The van der Waals surface area contributed by atoms with Crippen LogP contribution in [0, 0.1) is 11.8 Å². The molecule has 0 radical (unpaired) electrons. The number of carboxylic acids is 1. The van der Waals surface area contributed by atoms with E-state index in [-0.39, 0.29) is 18.3 Å². The van der Waals surface area contributed by atoms with Gasteiger partial charge in [0.05, 0.1) is 40.8 Å². The molecule has 8 nitrogen and oxygen atoms in total. The van der Waals surface area contributed by atoms with Gasteiger partial charge in [0.2, 0.25) is 0 Å². The van der Waals surface area contributed by atoms with Crippen molar-refractivity contribution in [3.63, 3.8) is 0 Å². The highest BCUT2D eigenvalue weighted by atomic mass is 16.5. The van der Waals surface area contributed by atoms with Gasteiger partial charge in [0, 0.05) is 59.4 Å². The van der Waals surface area contributed by atoms with Gasteiger partial charge in [-0.3, -0.25) is 4.79 Å². The van der Waals surface area contributed by atoms with Crippen molar-refractivity contribution in [2.75, 3.05) is 13.2 Å². The van der Waals surface area contributed by atoms with E-state index in [1.165, 1.54) is 24.8 Å². The predicted octanol–water partition coefficient (Wildman–Crippen LogP) is 8.12. The maximum atomic E-state index is 11.7. The van der Waals surface area contributed by atoms with Gasteiger partial charge < -0.3 is 20.3 Å². The van der Waals surface area contributed by atoms with Crippen molar-refractivity contribution in [3.8, 4) is 0 Å². The SMILES string of the molecule is CCCCCCOCC1=C(C)C2=NC1=CC1=NC(=CC3=C(C)C4=C(O)CC(=C5NC(=C2)C(C)[C@@H]5CCC(=O)O)C4=N3)C(CC)=C1C. The number of aliphatic imine (C=N–C) groups is 3. The maximum Gasteiger partial charge on any atom is 0.303 e. The fourth-order valence-electron chi connectivity index (χ4n) is 7.42. The molecule has 0 amide bonds. The second-order valence-electron chi connectivity index (χ2n) is 13.1. The van der Waals surface area contributed by atoms with Gasteiger partial charge in [-0.1, -0.05) is 40.0 Å². The number of ether oxygens (including phenoxy) is 1. The maximum absolute atomic E-state index is 11.7. The van der Waals surface area contributed by atoms with E-state index >= 15 is 0 Å². The summed E-state index contributed by atoms with van der Waals surface area (Å²) in [6.07, 6.45) is 12.6. The molecule has 0 aromatic heterocycles. The molecule has 0 aromatic rings. The number of nitrogens with zero attached hydrogens (tertiary/aromatic N) is 3.